The summed E-state index contributed by atoms with van der Waals surface area (Å²) in [6, 6.07) is 5.35. The van der Waals surface area contributed by atoms with Crippen molar-refractivity contribution < 1.29 is 4.39 Å². The molecule has 0 aliphatic heterocycles. The maximum absolute atomic E-state index is 14.1. The summed E-state index contributed by atoms with van der Waals surface area (Å²) in [5.41, 5.74) is 3.40. The Morgan fingerprint density at radius 1 is 1.43 bits per heavy atom. The van der Waals surface area contributed by atoms with Crippen LogP contribution in [-0.4, -0.2) is 16.0 Å². The topological polar surface area (TPSA) is 17.8 Å². The third-order valence-electron chi connectivity index (χ3n) is 3.75. The van der Waals surface area contributed by atoms with Crippen LogP contribution in [0.1, 0.15) is 23.2 Å². The monoisotopic (exact) mass is 323 g/mol. The van der Waals surface area contributed by atoms with Crippen molar-refractivity contribution in [2.45, 2.75) is 25.6 Å². The Balaban J connectivity index is 2.00. The van der Waals surface area contributed by atoms with Gasteiger partial charge in [-0.15, -0.1) is 0 Å². The zero-order valence-electron chi connectivity index (χ0n) is 11.3. The zero-order chi connectivity index (χ0) is 15.0. The van der Waals surface area contributed by atoms with Crippen LogP contribution in [0.4, 0.5) is 4.39 Å². The molecular weight excluding hydrogens is 310 g/mol. The van der Waals surface area contributed by atoms with E-state index < -0.39 is 6.17 Å². The third kappa shape index (κ3) is 2.72. The molecular formula is C16H14Cl2FN2. The largest absolute Gasteiger partial charge is 0.260 e. The Labute approximate surface area is 133 Å². The van der Waals surface area contributed by atoms with E-state index in [1.807, 2.05) is 6.07 Å². The van der Waals surface area contributed by atoms with E-state index in [-0.39, 0.29) is 0 Å². The molecule has 1 aliphatic rings. The number of rotatable bonds is 2. The lowest BCUT2D eigenvalue weighted by Crippen LogP contribution is -2.17. The van der Waals surface area contributed by atoms with E-state index in [1.165, 1.54) is 0 Å². The van der Waals surface area contributed by atoms with Crippen LogP contribution < -0.4 is 0 Å². The van der Waals surface area contributed by atoms with E-state index in [2.05, 4.69) is 12.0 Å². The Hall–Kier alpha value is -1.32. The van der Waals surface area contributed by atoms with Gasteiger partial charge in [0.2, 0.25) is 0 Å². The van der Waals surface area contributed by atoms with E-state index in [0.717, 1.165) is 16.8 Å². The minimum Gasteiger partial charge on any atom is -0.260 e. The van der Waals surface area contributed by atoms with Crippen LogP contribution in [0.2, 0.25) is 10.0 Å². The number of fused-ring (bicyclic) bond motifs is 1. The van der Waals surface area contributed by atoms with Crippen molar-refractivity contribution in [2.24, 2.45) is 0 Å². The molecule has 1 aromatic carbocycles. The highest BCUT2D eigenvalue weighted by molar-refractivity contribution is 6.35. The summed E-state index contributed by atoms with van der Waals surface area (Å²) < 4.78 is 15.8. The molecule has 1 aromatic heterocycles. The summed E-state index contributed by atoms with van der Waals surface area (Å²) in [7, 11) is 0. The molecule has 109 valence electrons. The van der Waals surface area contributed by atoms with Crippen LogP contribution in [0, 0.1) is 6.92 Å². The first-order chi connectivity index (χ1) is 10.1. The first-order valence-corrected chi connectivity index (χ1v) is 7.48. The van der Waals surface area contributed by atoms with Crippen LogP contribution in [-0.2, 0) is 13.0 Å². The molecule has 1 atom stereocenters. The number of hydrogen-bond acceptors (Lipinski definition) is 1. The number of hydrogen-bond donors (Lipinski definition) is 0. The Kier molecular flexibility index (Phi) is 4.05. The molecule has 1 unspecified atom stereocenters. The summed E-state index contributed by atoms with van der Waals surface area (Å²) in [5, 5.41) is 5.55. The van der Waals surface area contributed by atoms with Gasteiger partial charge in [0.25, 0.3) is 0 Å². The lowest BCUT2D eigenvalue weighted by atomic mass is 9.91. The Bertz CT molecular complexity index is 706. The van der Waals surface area contributed by atoms with Gasteiger partial charge in [0.15, 0.2) is 0 Å². The lowest BCUT2D eigenvalue weighted by Gasteiger charge is -2.21. The van der Waals surface area contributed by atoms with Crippen molar-refractivity contribution in [2.75, 3.05) is 0 Å². The second kappa shape index (κ2) is 5.82. The fourth-order valence-electron chi connectivity index (χ4n) is 2.68. The molecule has 0 fully saturated rings. The van der Waals surface area contributed by atoms with Crippen LogP contribution >= 0.6 is 23.2 Å². The van der Waals surface area contributed by atoms with Crippen LogP contribution in [0.25, 0.3) is 5.57 Å². The average molecular weight is 324 g/mol. The van der Waals surface area contributed by atoms with Crippen LogP contribution in [0.3, 0.4) is 0 Å². The van der Waals surface area contributed by atoms with Gasteiger partial charge in [-0.05, 0) is 43.0 Å². The summed E-state index contributed by atoms with van der Waals surface area (Å²) in [6.45, 7) is 4.21. The fraction of sp³-hybridized carbons (Fsp3) is 0.250. The molecule has 5 heteroatoms. The molecule has 0 amide bonds. The quantitative estimate of drug-likeness (QED) is 0.780. The first kappa shape index (κ1) is 14.6. The normalized spacial score (nSPS) is 19.8. The molecule has 1 radical (unpaired) electrons. The van der Waals surface area contributed by atoms with Crippen LogP contribution in [0.5, 0.6) is 0 Å². The number of allylic oxidation sites excluding steroid dienone is 2. The summed E-state index contributed by atoms with van der Waals surface area (Å²) in [4.78, 5) is 0. The van der Waals surface area contributed by atoms with Gasteiger partial charge < -0.3 is 0 Å². The van der Waals surface area contributed by atoms with Crippen molar-refractivity contribution >= 4 is 28.8 Å². The fourth-order valence-corrected chi connectivity index (χ4v) is 3.15. The molecule has 2 aromatic rings. The van der Waals surface area contributed by atoms with Gasteiger partial charge in [0.1, 0.15) is 6.17 Å². The molecule has 2 nitrogen and oxygen atoms in total. The SMILES string of the molecule is [CH2]/C=C1/c2c(cnn2Cc2ccc(Cl)cc2Cl)CCC1F. The summed E-state index contributed by atoms with van der Waals surface area (Å²) >= 11 is 12.1. The van der Waals surface area contributed by atoms with Crippen molar-refractivity contribution in [1.29, 1.82) is 0 Å². The van der Waals surface area contributed by atoms with Gasteiger partial charge in [-0.3, -0.25) is 4.68 Å². The number of nitrogens with zero attached hydrogens (tertiary/aromatic N) is 2. The highest BCUT2D eigenvalue weighted by atomic mass is 35.5. The van der Waals surface area contributed by atoms with Crippen molar-refractivity contribution in [3.05, 3.63) is 64.3 Å². The van der Waals surface area contributed by atoms with Gasteiger partial charge in [0.05, 0.1) is 18.4 Å². The molecule has 0 spiro atoms. The molecule has 0 N–H and O–H groups in total. The molecule has 1 aliphatic carbocycles. The number of alkyl halides is 1. The van der Waals surface area contributed by atoms with E-state index in [1.54, 1.807) is 29.1 Å². The number of aryl methyl sites for hydroxylation is 1. The van der Waals surface area contributed by atoms with Gasteiger partial charge in [0, 0.05) is 15.6 Å². The molecule has 0 saturated heterocycles. The number of aromatic nitrogens is 2. The van der Waals surface area contributed by atoms with Crippen molar-refractivity contribution in [3.8, 4) is 0 Å². The highest BCUT2D eigenvalue weighted by Gasteiger charge is 2.27. The maximum Gasteiger partial charge on any atom is 0.127 e. The minimum atomic E-state index is -0.980. The summed E-state index contributed by atoms with van der Waals surface area (Å²) in [6.07, 6.45) is 3.59. The average Bonchev–Trinajstić information content (AvgIpc) is 2.85. The van der Waals surface area contributed by atoms with E-state index in [0.29, 0.717) is 35.0 Å². The second-order valence-corrected chi connectivity index (χ2v) is 5.92. The standard InChI is InChI=1S/C16H14Cl2FN2/c1-2-13-15(19)6-4-10-8-20-21(16(10)13)9-11-3-5-12(17)7-14(11)18/h2-3,5,7-8,15H,1,4,6,9H2/b13-2+. The van der Waals surface area contributed by atoms with E-state index in [9.17, 15) is 4.39 Å². The van der Waals surface area contributed by atoms with Crippen molar-refractivity contribution in [3.63, 3.8) is 0 Å². The first-order valence-electron chi connectivity index (χ1n) is 6.72. The minimum absolute atomic E-state index is 0.482. The van der Waals surface area contributed by atoms with Gasteiger partial charge in [-0.2, -0.15) is 5.10 Å². The molecule has 3 rings (SSSR count). The van der Waals surface area contributed by atoms with Gasteiger partial charge in [-0.25, -0.2) is 4.39 Å². The Morgan fingerprint density at radius 3 is 2.95 bits per heavy atom. The van der Waals surface area contributed by atoms with Gasteiger partial charge >= 0.3 is 0 Å². The predicted octanol–water partition coefficient (Wildman–Crippen LogP) is 4.74. The third-order valence-corrected chi connectivity index (χ3v) is 4.34. The van der Waals surface area contributed by atoms with Crippen molar-refractivity contribution in [1.82, 2.24) is 9.78 Å². The van der Waals surface area contributed by atoms with Crippen LogP contribution in [0.15, 0.2) is 30.5 Å². The smallest absolute Gasteiger partial charge is 0.127 e. The molecule has 0 bridgehead atoms. The van der Waals surface area contributed by atoms with Gasteiger partial charge in [-0.1, -0.05) is 35.3 Å². The highest BCUT2D eigenvalue weighted by Crippen LogP contribution is 2.33. The lowest BCUT2D eigenvalue weighted by molar-refractivity contribution is 0.380. The molecule has 21 heavy (non-hydrogen) atoms. The number of benzene rings is 1. The Morgan fingerprint density at radius 2 is 2.24 bits per heavy atom. The molecule has 0 saturated carbocycles. The zero-order valence-corrected chi connectivity index (χ0v) is 12.8. The predicted molar refractivity (Wildman–Crippen MR) is 84.3 cm³/mol. The van der Waals surface area contributed by atoms with E-state index in [4.69, 9.17) is 23.2 Å². The molecule has 1 heterocycles. The summed E-state index contributed by atoms with van der Waals surface area (Å²) in [5.74, 6) is 0. The number of halogens is 3. The maximum atomic E-state index is 14.1. The second-order valence-electron chi connectivity index (χ2n) is 5.08. The van der Waals surface area contributed by atoms with E-state index >= 15 is 0 Å².